The second-order valence-electron chi connectivity index (χ2n) is 6.34. The molecule has 0 unspecified atom stereocenters. The number of rotatable bonds is 4. The van der Waals surface area contributed by atoms with Crippen molar-refractivity contribution in [2.75, 3.05) is 18.0 Å². The molecular formula is C19H20ClFN2O. The van der Waals surface area contributed by atoms with E-state index in [0.717, 1.165) is 11.3 Å². The quantitative estimate of drug-likeness (QED) is 0.760. The summed E-state index contributed by atoms with van der Waals surface area (Å²) in [5.41, 5.74) is 2.90. The molecule has 1 aliphatic rings. The largest absolute Gasteiger partial charge is 0.324 e. The molecule has 1 aliphatic heterocycles. The van der Waals surface area contributed by atoms with Gasteiger partial charge in [-0.25, -0.2) is 9.18 Å². The molecule has 0 radical (unpaired) electrons. The van der Waals surface area contributed by atoms with Crippen molar-refractivity contribution in [3.8, 4) is 0 Å². The van der Waals surface area contributed by atoms with Crippen molar-refractivity contribution in [3.63, 3.8) is 0 Å². The number of benzene rings is 2. The molecule has 1 fully saturated rings. The Morgan fingerprint density at radius 3 is 2.46 bits per heavy atom. The van der Waals surface area contributed by atoms with Crippen molar-refractivity contribution in [1.82, 2.24) is 4.90 Å². The van der Waals surface area contributed by atoms with E-state index in [1.165, 1.54) is 17.7 Å². The summed E-state index contributed by atoms with van der Waals surface area (Å²) in [6, 6.07) is 12.3. The van der Waals surface area contributed by atoms with E-state index in [-0.39, 0.29) is 11.8 Å². The van der Waals surface area contributed by atoms with Crippen molar-refractivity contribution in [2.45, 2.75) is 26.3 Å². The van der Waals surface area contributed by atoms with Crippen LogP contribution in [0.1, 0.15) is 30.9 Å². The van der Waals surface area contributed by atoms with Gasteiger partial charge < -0.3 is 4.90 Å². The first-order chi connectivity index (χ1) is 11.5. The van der Waals surface area contributed by atoms with E-state index >= 15 is 0 Å². The van der Waals surface area contributed by atoms with Crippen LogP contribution in [0.5, 0.6) is 0 Å². The van der Waals surface area contributed by atoms with Crippen molar-refractivity contribution in [2.24, 2.45) is 0 Å². The monoisotopic (exact) mass is 346 g/mol. The highest BCUT2D eigenvalue weighted by Crippen LogP contribution is 2.26. The van der Waals surface area contributed by atoms with Crippen LogP contribution in [0.3, 0.4) is 0 Å². The van der Waals surface area contributed by atoms with E-state index in [1.807, 2.05) is 12.1 Å². The van der Waals surface area contributed by atoms with Crippen LogP contribution in [0.4, 0.5) is 14.9 Å². The van der Waals surface area contributed by atoms with Gasteiger partial charge in [-0.2, -0.15) is 0 Å². The van der Waals surface area contributed by atoms with Gasteiger partial charge in [0.2, 0.25) is 0 Å². The Morgan fingerprint density at radius 1 is 1.12 bits per heavy atom. The molecule has 24 heavy (non-hydrogen) atoms. The normalized spacial score (nSPS) is 14.8. The Kier molecular flexibility index (Phi) is 4.76. The standard InChI is InChI=1S/C19H20ClFN2O/c1-13(2)14-4-7-17(8-5-14)23-10-9-22(19(23)24)12-15-3-6-16(21)11-18(15)20/h3-8,11,13H,9-10,12H2,1-2H3. The van der Waals surface area contributed by atoms with Crippen molar-refractivity contribution in [3.05, 3.63) is 64.4 Å². The average molecular weight is 347 g/mol. The number of hydrogen-bond donors (Lipinski definition) is 0. The first-order valence-corrected chi connectivity index (χ1v) is 8.44. The molecule has 0 spiro atoms. The van der Waals surface area contributed by atoms with Crippen LogP contribution in [0, 0.1) is 5.82 Å². The van der Waals surface area contributed by atoms with E-state index in [9.17, 15) is 9.18 Å². The maximum Gasteiger partial charge on any atom is 0.324 e. The lowest BCUT2D eigenvalue weighted by atomic mass is 10.0. The van der Waals surface area contributed by atoms with Crippen LogP contribution in [-0.4, -0.2) is 24.0 Å². The molecule has 3 nitrogen and oxygen atoms in total. The number of carbonyl (C=O) groups excluding carboxylic acids is 1. The van der Waals surface area contributed by atoms with Gasteiger partial charge in [-0.1, -0.05) is 43.6 Å². The lowest BCUT2D eigenvalue weighted by Crippen LogP contribution is -2.31. The van der Waals surface area contributed by atoms with Gasteiger partial charge in [0.1, 0.15) is 5.82 Å². The third-order valence-corrected chi connectivity index (χ3v) is 4.69. The number of hydrogen-bond acceptors (Lipinski definition) is 1. The predicted octanol–water partition coefficient (Wildman–Crippen LogP) is 5.04. The number of carbonyl (C=O) groups is 1. The first kappa shape index (κ1) is 16.8. The smallest absolute Gasteiger partial charge is 0.318 e. The molecule has 2 amide bonds. The van der Waals surface area contributed by atoms with Crippen LogP contribution < -0.4 is 4.90 Å². The second kappa shape index (κ2) is 6.81. The minimum absolute atomic E-state index is 0.0484. The summed E-state index contributed by atoms with van der Waals surface area (Å²) in [6.45, 7) is 5.93. The SMILES string of the molecule is CC(C)c1ccc(N2CCN(Cc3ccc(F)cc3Cl)C2=O)cc1. The fourth-order valence-corrected chi connectivity index (χ4v) is 3.09. The maximum atomic E-state index is 13.1. The first-order valence-electron chi connectivity index (χ1n) is 8.06. The highest BCUT2D eigenvalue weighted by Gasteiger charge is 2.29. The fourth-order valence-electron chi connectivity index (χ4n) is 2.86. The van der Waals surface area contributed by atoms with Gasteiger partial charge in [0.15, 0.2) is 0 Å². The highest BCUT2D eigenvalue weighted by atomic mass is 35.5. The van der Waals surface area contributed by atoms with Crippen molar-refractivity contribution in [1.29, 1.82) is 0 Å². The molecule has 5 heteroatoms. The maximum absolute atomic E-state index is 13.1. The summed E-state index contributed by atoms with van der Waals surface area (Å²) in [4.78, 5) is 16.1. The molecule has 3 rings (SSSR count). The zero-order chi connectivity index (χ0) is 17.3. The van der Waals surface area contributed by atoms with E-state index in [4.69, 9.17) is 11.6 Å². The molecule has 0 saturated carbocycles. The molecule has 1 heterocycles. The Morgan fingerprint density at radius 2 is 1.83 bits per heavy atom. The number of halogens is 2. The van der Waals surface area contributed by atoms with Gasteiger partial charge in [0.25, 0.3) is 0 Å². The molecular weight excluding hydrogens is 327 g/mol. The molecule has 0 aromatic heterocycles. The lowest BCUT2D eigenvalue weighted by molar-refractivity contribution is 0.219. The molecule has 126 valence electrons. The zero-order valence-corrected chi connectivity index (χ0v) is 14.6. The van der Waals surface area contributed by atoms with Crippen LogP contribution in [0.25, 0.3) is 0 Å². The summed E-state index contributed by atoms with van der Waals surface area (Å²) in [5, 5.41) is 0.350. The molecule has 0 atom stereocenters. The molecule has 1 saturated heterocycles. The summed E-state index contributed by atoms with van der Waals surface area (Å²) in [6.07, 6.45) is 0. The minimum Gasteiger partial charge on any atom is -0.318 e. The van der Waals surface area contributed by atoms with E-state index in [0.29, 0.717) is 30.6 Å². The molecule has 0 bridgehead atoms. The van der Waals surface area contributed by atoms with Gasteiger partial charge in [-0.05, 0) is 41.3 Å². The van der Waals surface area contributed by atoms with Crippen LogP contribution in [0.2, 0.25) is 5.02 Å². The predicted molar refractivity (Wildman–Crippen MR) is 95.1 cm³/mol. The number of amides is 2. The van der Waals surface area contributed by atoms with Gasteiger partial charge in [-0.15, -0.1) is 0 Å². The Balaban J connectivity index is 1.72. The number of nitrogens with zero attached hydrogens (tertiary/aromatic N) is 2. The molecule has 0 aliphatic carbocycles. The number of urea groups is 1. The van der Waals surface area contributed by atoms with E-state index in [1.54, 1.807) is 15.9 Å². The van der Waals surface area contributed by atoms with Crippen molar-refractivity contribution < 1.29 is 9.18 Å². The van der Waals surface area contributed by atoms with E-state index < -0.39 is 0 Å². The third-order valence-electron chi connectivity index (χ3n) is 4.34. The summed E-state index contributed by atoms with van der Waals surface area (Å²) < 4.78 is 13.1. The van der Waals surface area contributed by atoms with Crippen molar-refractivity contribution >= 4 is 23.3 Å². The summed E-state index contributed by atoms with van der Waals surface area (Å²) in [5.74, 6) is 0.0915. The van der Waals surface area contributed by atoms with E-state index in [2.05, 4.69) is 26.0 Å². The Labute approximate surface area is 146 Å². The lowest BCUT2D eigenvalue weighted by Gasteiger charge is -2.20. The Bertz CT molecular complexity index is 746. The van der Waals surface area contributed by atoms with Gasteiger partial charge >= 0.3 is 6.03 Å². The van der Waals surface area contributed by atoms with Crippen LogP contribution >= 0.6 is 11.6 Å². The second-order valence-corrected chi connectivity index (χ2v) is 6.74. The van der Waals surface area contributed by atoms with Crippen LogP contribution in [0.15, 0.2) is 42.5 Å². The number of anilines is 1. The fraction of sp³-hybridized carbons (Fsp3) is 0.316. The zero-order valence-electron chi connectivity index (χ0n) is 13.8. The summed E-state index contributed by atoms with van der Waals surface area (Å²) in [7, 11) is 0. The van der Waals surface area contributed by atoms with Gasteiger partial charge in [0, 0.05) is 30.3 Å². The minimum atomic E-state index is -0.372. The van der Waals surface area contributed by atoms with Gasteiger partial charge in [-0.3, -0.25) is 4.90 Å². The topological polar surface area (TPSA) is 23.6 Å². The highest BCUT2D eigenvalue weighted by molar-refractivity contribution is 6.31. The third kappa shape index (κ3) is 3.39. The Hall–Kier alpha value is -2.07. The molecule has 2 aromatic carbocycles. The van der Waals surface area contributed by atoms with Crippen LogP contribution in [-0.2, 0) is 6.54 Å². The average Bonchev–Trinajstić information content (AvgIpc) is 2.91. The summed E-state index contributed by atoms with van der Waals surface area (Å²) >= 11 is 6.06. The molecule has 0 N–H and O–H groups in total. The molecule has 2 aromatic rings. The van der Waals surface area contributed by atoms with Gasteiger partial charge in [0.05, 0.1) is 0 Å².